The number of hydrogen-bond donors (Lipinski definition) is 0. The van der Waals surface area contributed by atoms with Crippen molar-refractivity contribution in [1.82, 2.24) is 0 Å². The van der Waals surface area contributed by atoms with Gasteiger partial charge in [-0.2, -0.15) is 0 Å². The highest BCUT2D eigenvalue weighted by Crippen LogP contribution is 2.52. The van der Waals surface area contributed by atoms with Gasteiger partial charge in [0.2, 0.25) is 10.2 Å². The standard InChI is InChI=1S/C38H24O3S5/c1-17-5-8-22-29(13-17)45-37(39)33(22)34-23-9-7-21(14-30(23)46-38(34)40)27-11-12-28(42-27)32-16-25-20(4)35-24(19(3)36(25)44-32)15-31(43-35)26-10-6-18(2)41-26/h5-16H,1-4H3/b34-33+. The summed E-state index contributed by atoms with van der Waals surface area (Å²) in [4.78, 5) is 33.1. The Balaban J connectivity index is 1.07. The molecule has 4 aromatic heterocycles. The zero-order valence-corrected chi connectivity index (χ0v) is 29.3. The van der Waals surface area contributed by atoms with Crippen molar-refractivity contribution < 1.29 is 14.0 Å². The van der Waals surface area contributed by atoms with E-state index < -0.39 is 0 Å². The van der Waals surface area contributed by atoms with Crippen LogP contribution in [0.15, 0.2) is 87.0 Å². The third-order valence-corrected chi connectivity index (χ3v) is 14.5. The normalized spacial score (nSPS) is 15.9. The molecule has 3 nitrogen and oxygen atoms in total. The van der Waals surface area contributed by atoms with E-state index in [4.69, 9.17) is 4.42 Å². The summed E-state index contributed by atoms with van der Waals surface area (Å²) in [6, 6.07) is 25.3. The Kier molecular flexibility index (Phi) is 6.47. The van der Waals surface area contributed by atoms with Crippen molar-refractivity contribution in [3.8, 4) is 30.8 Å². The summed E-state index contributed by atoms with van der Waals surface area (Å²) in [5, 5.41) is 2.51. The largest absolute Gasteiger partial charge is 0.461 e. The molecular formula is C38H24O3S5. The number of thioether (sulfide) groups is 2. The van der Waals surface area contributed by atoms with Crippen LogP contribution in [0.2, 0.25) is 0 Å². The first-order chi connectivity index (χ1) is 22.2. The quantitative estimate of drug-likeness (QED) is 0.173. The van der Waals surface area contributed by atoms with Crippen molar-refractivity contribution in [2.24, 2.45) is 0 Å². The van der Waals surface area contributed by atoms with E-state index in [-0.39, 0.29) is 10.2 Å². The molecular weight excluding hydrogens is 665 g/mol. The monoisotopic (exact) mass is 688 g/mol. The first kappa shape index (κ1) is 28.6. The molecule has 7 aromatic rings. The van der Waals surface area contributed by atoms with Crippen LogP contribution in [0.25, 0.3) is 62.2 Å². The summed E-state index contributed by atoms with van der Waals surface area (Å²) >= 11 is 7.89. The Hall–Kier alpha value is -3.66. The van der Waals surface area contributed by atoms with Crippen molar-refractivity contribution >= 4 is 99.1 Å². The lowest BCUT2D eigenvalue weighted by molar-refractivity contribution is -0.107. The Morgan fingerprint density at radius 1 is 0.543 bits per heavy atom. The lowest BCUT2D eigenvalue weighted by atomic mass is 9.95. The summed E-state index contributed by atoms with van der Waals surface area (Å²) in [5.41, 5.74) is 7.63. The van der Waals surface area contributed by atoms with Crippen LogP contribution in [-0.2, 0) is 9.59 Å². The summed E-state index contributed by atoms with van der Waals surface area (Å²) in [6.45, 7) is 8.47. The minimum atomic E-state index is -0.0568. The lowest BCUT2D eigenvalue weighted by Crippen LogP contribution is -1.99. The van der Waals surface area contributed by atoms with Crippen molar-refractivity contribution in [2.75, 3.05) is 0 Å². The summed E-state index contributed by atoms with van der Waals surface area (Å²) < 4.78 is 8.59. The molecule has 0 saturated heterocycles. The van der Waals surface area contributed by atoms with Gasteiger partial charge in [0.15, 0.2) is 0 Å². The van der Waals surface area contributed by atoms with Gasteiger partial charge in [0.1, 0.15) is 11.5 Å². The average molecular weight is 689 g/mol. The van der Waals surface area contributed by atoms with Gasteiger partial charge in [-0.3, -0.25) is 9.59 Å². The third-order valence-electron chi connectivity index (χ3n) is 8.79. The molecule has 9 rings (SSSR count). The minimum Gasteiger partial charge on any atom is -0.461 e. The van der Waals surface area contributed by atoms with E-state index >= 15 is 0 Å². The molecule has 8 heteroatoms. The molecule has 0 amide bonds. The van der Waals surface area contributed by atoms with Crippen LogP contribution >= 0.6 is 57.5 Å². The molecule has 6 heterocycles. The fourth-order valence-electron chi connectivity index (χ4n) is 6.46. The number of carbonyl (C=O) groups is 2. The van der Waals surface area contributed by atoms with E-state index in [1.807, 2.05) is 55.5 Å². The van der Waals surface area contributed by atoms with Crippen LogP contribution in [0, 0.1) is 27.7 Å². The maximum Gasteiger partial charge on any atom is 0.225 e. The maximum atomic E-state index is 13.3. The molecule has 0 atom stereocenters. The molecule has 2 aliphatic heterocycles. The fraction of sp³-hybridized carbons (Fsp3) is 0.105. The van der Waals surface area contributed by atoms with Gasteiger partial charge in [0.25, 0.3) is 0 Å². The van der Waals surface area contributed by atoms with Gasteiger partial charge in [-0.05, 0) is 133 Å². The second kappa shape index (κ2) is 10.4. The van der Waals surface area contributed by atoms with E-state index in [0.29, 0.717) is 11.1 Å². The SMILES string of the molecule is Cc1ccc2c(c1)SC(=O)/C2=C1/C(=O)Sc2cc(-c3ccc(-c4cc5c(C)c6sc(-c7ccc(C)o7)cc6c(C)c5s4)s3)ccc21. The first-order valence-corrected chi connectivity index (χ1v) is 18.9. The fourth-order valence-corrected chi connectivity index (χ4v) is 12.0. The van der Waals surface area contributed by atoms with Crippen LogP contribution in [-0.4, -0.2) is 10.2 Å². The van der Waals surface area contributed by atoms with Gasteiger partial charge in [-0.15, -0.1) is 34.0 Å². The van der Waals surface area contributed by atoms with Gasteiger partial charge in [0.05, 0.1) is 4.88 Å². The lowest BCUT2D eigenvalue weighted by Gasteiger charge is -2.06. The summed E-state index contributed by atoms with van der Waals surface area (Å²) in [5.74, 6) is 1.86. The molecule has 46 heavy (non-hydrogen) atoms. The number of benzene rings is 3. The zero-order chi connectivity index (χ0) is 31.4. The van der Waals surface area contributed by atoms with Gasteiger partial charge >= 0.3 is 0 Å². The van der Waals surface area contributed by atoms with Crippen molar-refractivity contribution in [3.63, 3.8) is 0 Å². The molecule has 0 unspecified atom stereocenters. The smallest absolute Gasteiger partial charge is 0.225 e. The Labute approximate surface area is 286 Å². The van der Waals surface area contributed by atoms with Gasteiger partial charge in [-0.1, -0.05) is 24.3 Å². The molecule has 0 bridgehead atoms. The third kappa shape index (κ3) is 4.31. The molecule has 0 radical (unpaired) electrons. The molecule has 0 N–H and O–H groups in total. The van der Waals surface area contributed by atoms with E-state index in [9.17, 15) is 9.59 Å². The predicted octanol–water partition coefficient (Wildman–Crippen LogP) is 12.2. The number of furan rings is 1. The molecule has 3 aromatic carbocycles. The molecule has 0 saturated carbocycles. The highest BCUT2D eigenvalue weighted by atomic mass is 32.2. The predicted molar refractivity (Wildman–Crippen MR) is 198 cm³/mol. The average Bonchev–Trinajstić information content (AvgIpc) is 3.87. The van der Waals surface area contributed by atoms with Crippen LogP contribution in [0.4, 0.5) is 0 Å². The molecule has 0 fully saturated rings. The van der Waals surface area contributed by atoms with Crippen LogP contribution in [0.3, 0.4) is 0 Å². The maximum absolute atomic E-state index is 13.3. The van der Waals surface area contributed by atoms with E-state index in [2.05, 4.69) is 56.3 Å². The van der Waals surface area contributed by atoms with Crippen LogP contribution in [0.1, 0.15) is 33.6 Å². The van der Waals surface area contributed by atoms with E-state index in [1.54, 1.807) is 22.7 Å². The second-order valence-electron chi connectivity index (χ2n) is 11.8. The number of carbonyl (C=O) groups excluding carboxylic acids is 2. The topological polar surface area (TPSA) is 47.3 Å². The van der Waals surface area contributed by atoms with Crippen molar-refractivity contribution in [1.29, 1.82) is 0 Å². The number of rotatable bonds is 3. The Morgan fingerprint density at radius 3 is 1.83 bits per heavy atom. The summed E-state index contributed by atoms with van der Waals surface area (Å²) in [7, 11) is 0. The van der Waals surface area contributed by atoms with E-state index in [0.717, 1.165) is 48.4 Å². The number of thiophene rings is 3. The van der Waals surface area contributed by atoms with Crippen molar-refractivity contribution in [2.45, 2.75) is 37.5 Å². The first-order valence-electron chi connectivity index (χ1n) is 14.8. The van der Waals surface area contributed by atoms with Crippen LogP contribution < -0.4 is 0 Å². The Bertz CT molecular complexity index is 2460. The van der Waals surface area contributed by atoms with Crippen molar-refractivity contribution in [3.05, 3.63) is 106 Å². The highest BCUT2D eigenvalue weighted by Gasteiger charge is 2.36. The second-order valence-corrected chi connectivity index (χ2v) is 17.0. The minimum absolute atomic E-state index is 0.0499. The number of aryl methyl sites for hydroxylation is 4. The number of fused-ring (bicyclic) bond motifs is 4. The molecule has 224 valence electrons. The number of hydrogen-bond acceptors (Lipinski definition) is 8. The molecule has 2 aliphatic rings. The van der Waals surface area contributed by atoms with Gasteiger partial charge in [-0.25, -0.2) is 0 Å². The zero-order valence-electron chi connectivity index (χ0n) is 25.2. The molecule has 0 aliphatic carbocycles. The van der Waals surface area contributed by atoms with Crippen LogP contribution in [0.5, 0.6) is 0 Å². The van der Waals surface area contributed by atoms with Gasteiger partial charge in [0, 0.05) is 56.1 Å². The highest BCUT2D eigenvalue weighted by molar-refractivity contribution is 8.16. The Morgan fingerprint density at radius 2 is 1.15 bits per heavy atom. The summed E-state index contributed by atoms with van der Waals surface area (Å²) in [6.07, 6.45) is 0. The molecule has 0 spiro atoms. The van der Waals surface area contributed by atoms with E-state index in [1.165, 1.54) is 69.5 Å². The van der Waals surface area contributed by atoms with Gasteiger partial charge < -0.3 is 4.42 Å².